The summed E-state index contributed by atoms with van der Waals surface area (Å²) in [6.45, 7) is -0.949. The van der Waals surface area contributed by atoms with Gasteiger partial charge in [-0.3, -0.25) is 13.7 Å². The summed E-state index contributed by atoms with van der Waals surface area (Å²) in [7, 11) is -9.40. The molecule has 1 aromatic heterocycles. The molecule has 3 unspecified atom stereocenters. The Balaban J connectivity index is 1.75. The van der Waals surface area contributed by atoms with E-state index in [0.29, 0.717) is 5.69 Å². The zero-order chi connectivity index (χ0) is 20.9. The number of phosphoric acid groups is 2. The van der Waals surface area contributed by atoms with Crippen molar-refractivity contribution in [2.75, 3.05) is 13.7 Å². The highest BCUT2D eigenvalue weighted by molar-refractivity contribution is 7.59. The molecule has 1 aromatic rings. The lowest BCUT2D eigenvalue weighted by molar-refractivity contribution is -0.242. The first-order chi connectivity index (χ1) is 12.9. The third-order valence-electron chi connectivity index (χ3n) is 3.81. The van der Waals surface area contributed by atoms with Crippen LogP contribution in [0.1, 0.15) is 18.1 Å². The van der Waals surface area contributed by atoms with Crippen LogP contribution in [0.4, 0.5) is 5.82 Å². The van der Waals surface area contributed by atoms with E-state index in [0.717, 1.165) is 0 Å². The molecule has 5 N–H and O–H groups in total. The first-order valence-corrected chi connectivity index (χ1v) is 10.4. The van der Waals surface area contributed by atoms with Crippen molar-refractivity contribution in [3.05, 3.63) is 23.5 Å². The summed E-state index contributed by atoms with van der Waals surface area (Å²) < 4.78 is 36.1. The molecule has 2 aliphatic rings. The second-order valence-corrected chi connectivity index (χ2v) is 8.50. The Morgan fingerprint density at radius 1 is 1.36 bits per heavy atom. The van der Waals surface area contributed by atoms with Crippen molar-refractivity contribution in [2.45, 2.75) is 18.5 Å². The molecule has 3 rings (SSSR count). The molecule has 0 saturated heterocycles. The van der Waals surface area contributed by atoms with Gasteiger partial charge < -0.3 is 44.8 Å². The number of rotatable bonds is 6. The van der Waals surface area contributed by atoms with E-state index in [-0.39, 0.29) is 5.82 Å². The molecule has 17 heteroatoms. The lowest BCUT2D eigenvalue weighted by Gasteiger charge is -2.28. The van der Waals surface area contributed by atoms with Gasteiger partial charge in [-0.15, -0.1) is 0 Å². The normalized spacial score (nSPS) is 28.9. The standard InChI is InChI=1S/C11H17N5O10P2/c1-15-3-14-10-6(9(15)12)13-4-16(10)11-8(18)7(17)5(25-11)2-24-28(22,23)26-27(19,20)21/h3-5,9,11,17-18H,2,12H2,1H3,(H,22,23)(H2,19,20,21)/p-2/t5-,9?,11-/m1/s1. The summed E-state index contributed by atoms with van der Waals surface area (Å²) in [4.78, 5) is 40.1. The van der Waals surface area contributed by atoms with Crippen molar-refractivity contribution in [1.29, 1.82) is 0 Å². The number of aliphatic hydroxyl groups excluding tert-OH is 2. The quantitative estimate of drug-likeness (QED) is 0.376. The molecule has 15 nitrogen and oxygen atoms in total. The van der Waals surface area contributed by atoms with E-state index in [1.54, 1.807) is 11.9 Å². The molecular weight excluding hydrogens is 424 g/mol. The van der Waals surface area contributed by atoms with Gasteiger partial charge in [0.2, 0.25) is 0 Å². The molecule has 0 bridgehead atoms. The zero-order valence-corrected chi connectivity index (χ0v) is 15.8. The topological polar surface area (TPSA) is 228 Å². The maximum atomic E-state index is 11.3. The van der Waals surface area contributed by atoms with Gasteiger partial charge >= 0.3 is 0 Å². The van der Waals surface area contributed by atoms with Gasteiger partial charge in [-0.2, -0.15) is 0 Å². The van der Waals surface area contributed by atoms with Gasteiger partial charge in [0.15, 0.2) is 23.6 Å². The molecule has 0 spiro atoms. The molecule has 0 aromatic carbocycles. The molecule has 0 saturated carbocycles. The van der Waals surface area contributed by atoms with E-state index in [4.69, 9.17) is 15.4 Å². The number of nitrogens with zero attached hydrogens (tertiary/aromatic N) is 4. The van der Waals surface area contributed by atoms with E-state index in [1.807, 2.05) is 0 Å². The van der Waals surface area contributed by atoms with Gasteiger partial charge in [0.25, 0.3) is 15.6 Å². The molecular formula is C11H15N5O10P2-2. The smallest absolute Gasteiger partial charge is 0.274 e. The summed E-state index contributed by atoms with van der Waals surface area (Å²) in [6.07, 6.45) is -0.767. The maximum absolute atomic E-state index is 11.3. The first-order valence-electron chi connectivity index (χ1n) is 7.46. The first kappa shape index (κ1) is 20.9. The highest BCUT2D eigenvalue weighted by Crippen LogP contribution is 2.53. The highest BCUT2D eigenvalue weighted by Gasteiger charge is 2.39. The Labute approximate surface area is 157 Å². The van der Waals surface area contributed by atoms with E-state index < -0.39 is 52.3 Å². The fourth-order valence-electron chi connectivity index (χ4n) is 2.49. The van der Waals surface area contributed by atoms with Gasteiger partial charge in [-0.05, 0) is 0 Å². The summed E-state index contributed by atoms with van der Waals surface area (Å²) in [5, 5.41) is 20.1. The lowest BCUT2D eigenvalue weighted by Crippen LogP contribution is -2.32. The average Bonchev–Trinajstić information content (AvgIpc) is 3.10. The number of hydrogen-bond donors (Lipinski definition) is 4. The van der Waals surface area contributed by atoms with Crippen molar-refractivity contribution in [1.82, 2.24) is 14.5 Å². The van der Waals surface area contributed by atoms with E-state index in [1.165, 1.54) is 17.2 Å². The Hall–Kier alpha value is -1.80. The fraction of sp³-hybridized carbons (Fsp3) is 0.455. The second kappa shape index (κ2) is 7.22. The molecule has 156 valence electrons. The van der Waals surface area contributed by atoms with Crippen LogP contribution in [0.15, 0.2) is 22.8 Å². The summed E-state index contributed by atoms with van der Waals surface area (Å²) in [6, 6.07) is 0. The van der Waals surface area contributed by atoms with E-state index in [2.05, 4.69) is 18.8 Å². The fourth-order valence-corrected chi connectivity index (χ4v) is 4.01. The van der Waals surface area contributed by atoms with Crippen molar-refractivity contribution < 1.29 is 47.6 Å². The number of aromatic nitrogens is 2. The molecule has 0 fully saturated rings. The van der Waals surface area contributed by atoms with Crippen LogP contribution in [0.5, 0.6) is 0 Å². The van der Waals surface area contributed by atoms with E-state index >= 15 is 0 Å². The minimum Gasteiger partial charge on any atom is -0.756 e. The van der Waals surface area contributed by atoms with Crippen LogP contribution in [0.2, 0.25) is 0 Å². The Morgan fingerprint density at radius 2 is 2.04 bits per heavy atom. The average molecular weight is 439 g/mol. The highest BCUT2D eigenvalue weighted by atomic mass is 31.3. The molecule has 2 aliphatic heterocycles. The summed E-state index contributed by atoms with van der Waals surface area (Å²) in [5.74, 6) is -1.19. The van der Waals surface area contributed by atoms with Crippen LogP contribution in [0.25, 0.3) is 0 Å². The number of fused-ring (bicyclic) bond motifs is 1. The van der Waals surface area contributed by atoms with Crippen LogP contribution < -0.4 is 15.5 Å². The zero-order valence-electron chi connectivity index (χ0n) is 14.1. The number of imidazole rings is 1. The van der Waals surface area contributed by atoms with Crippen molar-refractivity contribution in [2.24, 2.45) is 10.7 Å². The van der Waals surface area contributed by atoms with Crippen LogP contribution >= 0.6 is 15.6 Å². The minimum atomic E-state index is -5.61. The third-order valence-corrected chi connectivity index (χ3v) is 5.90. The van der Waals surface area contributed by atoms with Crippen molar-refractivity contribution >= 4 is 27.8 Å². The van der Waals surface area contributed by atoms with Crippen LogP contribution in [0, 0.1) is 0 Å². The minimum absolute atomic E-state index is 0.238. The SMILES string of the molecule is CN1C=Nc2c(ncn2[C@@H]2O[C@H](COP(=O)([O-])OP(=O)([O-])O)C(O)=C2O)C1N. The van der Waals surface area contributed by atoms with Gasteiger partial charge in [0.05, 0.1) is 19.3 Å². The molecule has 0 aliphatic carbocycles. The number of hydrogen-bond acceptors (Lipinski definition) is 13. The summed E-state index contributed by atoms with van der Waals surface area (Å²) in [5.41, 5.74) is 6.33. The van der Waals surface area contributed by atoms with Crippen LogP contribution in [0.3, 0.4) is 0 Å². The molecule has 0 radical (unpaired) electrons. The summed E-state index contributed by atoms with van der Waals surface area (Å²) >= 11 is 0. The monoisotopic (exact) mass is 439 g/mol. The second-order valence-electron chi connectivity index (χ2n) is 5.76. The molecule has 5 atom stereocenters. The molecule has 0 amide bonds. The Bertz CT molecular complexity index is 925. The number of ether oxygens (including phenoxy) is 1. The molecule has 28 heavy (non-hydrogen) atoms. The molecule has 3 heterocycles. The van der Waals surface area contributed by atoms with Crippen molar-refractivity contribution in [3.63, 3.8) is 0 Å². The van der Waals surface area contributed by atoms with Gasteiger partial charge in [0.1, 0.15) is 18.0 Å². The number of nitrogens with two attached hydrogens (primary N) is 1. The van der Waals surface area contributed by atoms with Crippen LogP contribution in [-0.4, -0.2) is 55.7 Å². The van der Waals surface area contributed by atoms with Crippen molar-refractivity contribution in [3.8, 4) is 0 Å². The predicted octanol–water partition coefficient (Wildman–Crippen LogP) is -1.37. The Morgan fingerprint density at radius 3 is 2.68 bits per heavy atom. The van der Waals surface area contributed by atoms with Gasteiger partial charge in [-0.25, -0.2) is 14.3 Å². The van der Waals surface area contributed by atoms with Gasteiger partial charge in [0, 0.05) is 7.05 Å². The van der Waals surface area contributed by atoms with Gasteiger partial charge in [-0.1, -0.05) is 0 Å². The number of aliphatic hydroxyl groups is 2. The lowest BCUT2D eigenvalue weighted by atomic mass is 10.3. The maximum Gasteiger partial charge on any atom is 0.274 e. The number of aliphatic imine (C=N–C) groups is 1. The largest absolute Gasteiger partial charge is 0.756 e. The van der Waals surface area contributed by atoms with E-state index in [9.17, 15) is 29.1 Å². The Kier molecular flexibility index (Phi) is 5.40. The van der Waals surface area contributed by atoms with Crippen LogP contribution in [-0.2, 0) is 22.7 Å². The number of phosphoric ester groups is 1. The third kappa shape index (κ3) is 4.12. The predicted molar refractivity (Wildman–Crippen MR) is 85.7 cm³/mol.